The van der Waals surface area contributed by atoms with Crippen molar-refractivity contribution >= 4 is 60.5 Å². The fraction of sp³-hybridized carbons (Fsp3) is 0.125. The van der Waals surface area contributed by atoms with Gasteiger partial charge >= 0.3 is 0 Å². The molecule has 1 aromatic heterocycles. The zero-order chi connectivity index (χ0) is 44.6. The van der Waals surface area contributed by atoms with E-state index in [2.05, 4.69) is 234 Å². The summed E-state index contributed by atoms with van der Waals surface area (Å²) in [4.78, 5) is 2.46. The second kappa shape index (κ2) is 13.9. The van der Waals surface area contributed by atoms with Gasteiger partial charge in [-0.15, -0.1) is 0 Å². The Morgan fingerprint density at radius 1 is 0.348 bits per heavy atom. The van der Waals surface area contributed by atoms with E-state index in [-0.39, 0.29) is 10.8 Å². The van der Waals surface area contributed by atoms with Gasteiger partial charge in [0.05, 0.1) is 5.69 Å². The third kappa shape index (κ3) is 5.36. The van der Waals surface area contributed by atoms with Crippen LogP contribution in [0.25, 0.3) is 88.0 Å². The summed E-state index contributed by atoms with van der Waals surface area (Å²) in [5.41, 5.74) is 22.9. The van der Waals surface area contributed by atoms with Crippen LogP contribution in [-0.2, 0) is 10.8 Å². The molecule has 0 fully saturated rings. The summed E-state index contributed by atoms with van der Waals surface area (Å²) in [5, 5.41) is 7.42. The minimum absolute atomic E-state index is 0.267. The Hall–Kier alpha value is -7.68. The average molecular weight is 848 g/mol. The third-order valence-electron chi connectivity index (χ3n) is 15.3. The van der Waals surface area contributed by atoms with E-state index in [1.807, 2.05) is 0 Å². The Balaban J connectivity index is 1.03. The minimum atomic E-state index is -0.267. The zero-order valence-corrected chi connectivity index (χ0v) is 38.3. The lowest BCUT2D eigenvalue weighted by molar-refractivity contribution is 0.660. The standard InChI is InChI=1S/C64H49NO/c1-38-18-7-9-20-42(38)52-36-56-60(47-25-13-11-22-44(47)52)50-32-30-40(34-54(50)63(56,3)4)65(58-28-17-27-49-46-24-15-16-29-59(46)66-62(49)58)41-31-33-51-55(35-41)64(5,6)57-37-53(43-21-10-8-19-39(43)2)45-23-12-14-26-48(45)61(51)57/h7-37H,1-6H3. The molecule has 13 rings (SSSR count). The highest BCUT2D eigenvalue weighted by Crippen LogP contribution is 2.57. The van der Waals surface area contributed by atoms with Crippen LogP contribution in [-0.4, -0.2) is 0 Å². The molecule has 0 N–H and O–H groups in total. The maximum absolute atomic E-state index is 6.86. The van der Waals surface area contributed by atoms with E-state index in [9.17, 15) is 0 Å². The van der Waals surface area contributed by atoms with Crippen molar-refractivity contribution in [2.24, 2.45) is 0 Å². The first-order valence-corrected chi connectivity index (χ1v) is 23.3. The normalized spacial score (nSPS) is 14.2. The first-order valence-electron chi connectivity index (χ1n) is 23.3. The lowest BCUT2D eigenvalue weighted by Crippen LogP contribution is -2.18. The van der Waals surface area contributed by atoms with E-state index in [0.717, 1.165) is 39.0 Å². The predicted octanol–water partition coefficient (Wildman–Crippen LogP) is 17.9. The van der Waals surface area contributed by atoms with Crippen LogP contribution in [0.1, 0.15) is 61.1 Å². The van der Waals surface area contributed by atoms with Crippen molar-refractivity contribution in [1.29, 1.82) is 0 Å². The number of aryl methyl sites for hydroxylation is 2. The molecule has 0 saturated heterocycles. The molecular weight excluding hydrogens is 799 g/mol. The summed E-state index contributed by atoms with van der Waals surface area (Å²) in [6, 6.07) is 70.0. The molecule has 2 aliphatic rings. The van der Waals surface area contributed by atoms with Gasteiger partial charge in [-0.25, -0.2) is 0 Å². The summed E-state index contributed by atoms with van der Waals surface area (Å²) in [6.07, 6.45) is 0. The molecule has 0 amide bonds. The third-order valence-corrected chi connectivity index (χ3v) is 15.3. The summed E-state index contributed by atoms with van der Waals surface area (Å²) >= 11 is 0. The number of furan rings is 1. The summed E-state index contributed by atoms with van der Waals surface area (Å²) in [6.45, 7) is 14.1. The Morgan fingerprint density at radius 2 is 0.788 bits per heavy atom. The van der Waals surface area contributed by atoms with Gasteiger partial charge in [-0.05, 0) is 162 Å². The molecule has 0 bridgehead atoms. The monoisotopic (exact) mass is 847 g/mol. The number of nitrogens with zero attached hydrogens (tertiary/aromatic N) is 1. The molecule has 1 heterocycles. The van der Waals surface area contributed by atoms with Crippen LogP contribution >= 0.6 is 0 Å². The molecule has 2 nitrogen and oxygen atoms in total. The maximum atomic E-state index is 6.86. The van der Waals surface area contributed by atoms with Crippen LogP contribution in [0.5, 0.6) is 0 Å². The molecule has 66 heavy (non-hydrogen) atoms. The maximum Gasteiger partial charge on any atom is 0.159 e. The molecule has 0 atom stereocenters. The number of para-hydroxylation sites is 2. The highest BCUT2D eigenvalue weighted by Gasteiger charge is 2.40. The largest absolute Gasteiger partial charge is 0.454 e. The Kier molecular flexibility index (Phi) is 8.17. The predicted molar refractivity (Wildman–Crippen MR) is 279 cm³/mol. The molecule has 2 aliphatic carbocycles. The second-order valence-electron chi connectivity index (χ2n) is 19.7. The van der Waals surface area contributed by atoms with Gasteiger partial charge in [0.2, 0.25) is 0 Å². The van der Waals surface area contributed by atoms with E-state index in [1.54, 1.807) is 0 Å². The number of benzene rings is 10. The van der Waals surface area contributed by atoms with Gasteiger partial charge in [-0.2, -0.15) is 0 Å². The van der Waals surface area contributed by atoms with Crippen LogP contribution in [0.3, 0.4) is 0 Å². The molecule has 316 valence electrons. The molecule has 0 unspecified atom stereocenters. The number of rotatable bonds is 5. The van der Waals surface area contributed by atoms with E-state index in [0.29, 0.717) is 0 Å². The highest BCUT2D eigenvalue weighted by atomic mass is 16.3. The Bertz CT molecular complexity index is 3660. The quantitative estimate of drug-likeness (QED) is 0.172. The van der Waals surface area contributed by atoms with Crippen molar-refractivity contribution in [2.45, 2.75) is 52.4 Å². The van der Waals surface area contributed by atoms with Crippen molar-refractivity contribution in [3.8, 4) is 44.5 Å². The van der Waals surface area contributed by atoms with Crippen molar-refractivity contribution < 1.29 is 4.42 Å². The first-order chi connectivity index (χ1) is 32.1. The molecule has 0 spiro atoms. The van der Waals surface area contributed by atoms with E-state index in [4.69, 9.17) is 4.42 Å². The van der Waals surface area contributed by atoms with Crippen LogP contribution in [0.4, 0.5) is 17.1 Å². The Labute approximate surface area is 386 Å². The van der Waals surface area contributed by atoms with Gasteiger partial charge in [-0.1, -0.05) is 167 Å². The topological polar surface area (TPSA) is 16.4 Å². The second-order valence-corrected chi connectivity index (χ2v) is 19.7. The lowest BCUT2D eigenvalue weighted by Gasteiger charge is -2.29. The minimum Gasteiger partial charge on any atom is -0.454 e. The van der Waals surface area contributed by atoms with Crippen molar-refractivity contribution in [3.05, 3.63) is 221 Å². The van der Waals surface area contributed by atoms with Crippen molar-refractivity contribution in [3.63, 3.8) is 0 Å². The fourth-order valence-electron chi connectivity index (χ4n) is 12.0. The number of hydrogen-bond donors (Lipinski definition) is 0. The summed E-state index contributed by atoms with van der Waals surface area (Å²) in [5.74, 6) is 0. The fourth-order valence-corrected chi connectivity index (χ4v) is 12.0. The number of anilines is 3. The SMILES string of the molecule is Cc1ccccc1-c1cc2c(c3ccccc13)-c1ccc(N(c3ccc4c(c3)C(C)(C)c3cc(-c5ccccc5C)c5ccccc5c3-4)c3cccc4c3oc3ccccc34)cc1C2(C)C. The highest BCUT2D eigenvalue weighted by molar-refractivity contribution is 6.13. The van der Waals surface area contributed by atoms with Crippen LogP contribution in [0.15, 0.2) is 192 Å². The average Bonchev–Trinajstić information content (AvgIpc) is 3.91. The van der Waals surface area contributed by atoms with Crippen LogP contribution in [0, 0.1) is 13.8 Å². The molecule has 10 aromatic carbocycles. The smallest absolute Gasteiger partial charge is 0.159 e. The first kappa shape index (κ1) is 38.8. The van der Waals surface area contributed by atoms with Gasteiger partial charge in [0, 0.05) is 33.0 Å². The van der Waals surface area contributed by atoms with Crippen LogP contribution in [0.2, 0.25) is 0 Å². The van der Waals surface area contributed by atoms with Gasteiger partial charge < -0.3 is 9.32 Å². The van der Waals surface area contributed by atoms with E-state index >= 15 is 0 Å². The van der Waals surface area contributed by atoms with E-state index < -0.39 is 0 Å². The molecule has 0 aliphatic heterocycles. The zero-order valence-electron chi connectivity index (χ0n) is 38.3. The summed E-state index contributed by atoms with van der Waals surface area (Å²) < 4.78 is 6.86. The van der Waals surface area contributed by atoms with Crippen molar-refractivity contribution in [1.82, 2.24) is 0 Å². The van der Waals surface area contributed by atoms with Gasteiger partial charge in [-0.3, -0.25) is 0 Å². The van der Waals surface area contributed by atoms with Gasteiger partial charge in [0.25, 0.3) is 0 Å². The number of fused-ring (bicyclic) bond motifs is 13. The number of hydrogen-bond acceptors (Lipinski definition) is 2. The lowest BCUT2D eigenvalue weighted by atomic mass is 9.80. The molecule has 0 radical (unpaired) electrons. The van der Waals surface area contributed by atoms with Crippen molar-refractivity contribution in [2.75, 3.05) is 4.90 Å². The van der Waals surface area contributed by atoms with Crippen LogP contribution < -0.4 is 4.90 Å². The van der Waals surface area contributed by atoms with E-state index in [1.165, 1.54) is 99.4 Å². The van der Waals surface area contributed by atoms with Gasteiger partial charge in [0.15, 0.2) is 5.58 Å². The molecular formula is C64H49NO. The molecule has 2 heteroatoms. The summed E-state index contributed by atoms with van der Waals surface area (Å²) in [7, 11) is 0. The molecule has 11 aromatic rings. The Morgan fingerprint density at radius 3 is 1.30 bits per heavy atom. The molecule has 0 saturated carbocycles. The van der Waals surface area contributed by atoms with Gasteiger partial charge in [0.1, 0.15) is 5.58 Å².